The Morgan fingerprint density at radius 2 is 1.00 bits per heavy atom. The van der Waals surface area contributed by atoms with E-state index in [9.17, 15) is 0 Å². The first-order valence-electron chi connectivity index (χ1n) is 3.53. The van der Waals surface area contributed by atoms with E-state index >= 15 is 0 Å². The van der Waals surface area contributed by atoms with E-state index < -0.39 is 0 Å². The summed E-state index contributed by atoms with van der Waals surface area (Å²) >= 11 is 0. The highest BCUT2D eigenvalue weighted by Gasteiger charge is 1.88. The largest absolute Gasteiger partial charge is 0.439 e. The molecule has 0 spiro atoms. The molecule has 0 radical (unpaired) electrons. The summed E-state index contributed by atoms with van der Waals surface area (Å²) in [4.78, 5) is 0. The van der Waals surface area contributed by atoms with Gasteiger partial charge in [-0.1, -0.05) is 41.5 Å². The molecule has 0 aliphatic heterocycles. The van der Waals surface area contributed by atoms with Gasteiger partial charge in [0.2, 0.25) is 0 Å². The van der Waals surface area contributed by atoms with E-state index in [0.717, 1.165) is 6.71 Å². The van der Waals surface area contributed by atoms with E-state index in [-0.39, 0.29) is 7.43 Å². The Labute approximate surface area is 67.7 Å². The van der Waals surface area contributed by atoms with Crippen LogP contribution in [0.3, 0.4) is 0 Å². The minimum atomic E-state index is 0. The Morgan fingerprint density at radius 3 is 1.00 bits per heavy atom. The molecule has 0 aliphatic carbocycles. The van der Waals surface area contributed by atoms with Gasteiger partial charge in [-0.2, -0.15) is 0 Å². The van der Waals surface area contributed by atoms with Crippen LogP contribution in [-0.4, -0.2) is 20.7 Å². The van der Waals surface area contributed by atoms with Crippen LogP contribution >= 0.6 is 0 Å². The minimum absolute atomic E-state index is 0. The second-order valence-electron chi connectivity index (χ2n) is 3.02. The Hall–Kier alpha value is 0.0899. The lowest BCUT2D eigenvalue weighted by Crippen LogP contribution is -2.00. The smallest absolute Gasteiger partial charge is 0.286 e. The summed E-state index contributed by atoms with van der Waals surface area (Å²) in [6.45, 7) is 11.7. The summed E-state index contributed by atoms with van der Waals surface area (Å²) in [6, 6.07) is 0. The molecule has 0 amide bonds. The van der Waals surface area contributed by atoms with Crippen molar-refractivity contribution >= 4 is 13.6 Å². The van der Waals surface area contributed by atoms with Crippen molar-refractivity contribution in [3.8, 4) is 0 Å². The van der Waals surface area contributed by atoms with Crippen molar-refractivity contribution in [2.24, 2.45) is 0 Å². The zero-order valence-electron chi connectivity index (χ0n) is 7.56. The highest BCUT2D eigenvalue weighted by molar-refractivity contribution is 6.54. The first-order valence-corrected chi connectivity index (χ1v) is 3.53. The summed E-state index contributed by atoms with van der Waals surface area (Å²) in [5.74, 6) is 0. The van der Waals surface area contributed by atoms with Crippen LogP contribution in [0.1, 0.15) is 7.43 Å². The van der Waals surface area contributed by atoms with Gasteiger partial charge in [-0.05, 0) is 0 Å². The van der Waals surface area contributed by atoms with E-state index in [1.54, 1.807) is 7.11 Å². The van der Waals surface area contributed by atoms with Crippen molar-refractivity contribution in [3.63, 3.8) is 0 Å². The van der Waals surface area contributed by atoms with Gasteiger partial charge >= 0.3 is 0 Å². The predicted octanol–water partition coefficient (Wildman–Crippen LogP) is 2.89. The normalized spacial score (nSPS) is 6.60. The van der Waals surface area contributed by atoms with Crippen LogP contribution in [0.4, 0.5) is 0 Å². The number of hydrogen-bond donors (Lipinski definition) is 0. The number of hydrogen-bond acceptors (Lipinski definition) is 1. The molecule has 0 aromatic rings. The molecule has 10 heavy (non-hydrogen) atoms. The third kappa shape index (κ3) is 93.1. The van der Waals surface area contributed by atoms with Gasteiger partial charge in [0.15, 0.2) is 0 Å². The molecule has 0 rings (SSSR count). The average molecular weight is 144 g/mol. The van der Waals surface area contributed by atoms with E-state index in [2.05, 4.69) is 20.5 Å². The first kappa shape index (κ1) is 16.6. The predicted molar refractivity (Wildman–Crippen MR) is 54.6 cm³/mol. The zero-order valence-corrected chi connectivity index (χ0v) is 7.56. The fraction of sp³-hybridized carbons (Fsp3) is 1.00. The van der Waals surface area contributed by atoms with Gasteiger partial charge in [-0.25, -0.2) is 0 Å². The topological polar surface area (TPSA) is 9.23 Å². The van der Waals surface area contributed by atoms with Gasteiger partial charge in [0.25, 0.3) is 6.92 Å². The summed E-state index contributed by atoms with van der Waals surface area (Å²) in [6.07, 6.45) is 0. The molecular weight excluding hydrogens is 122 g/mol. The molecule has 0 saturated carbocycles. The Kier molecular flexibility index (Phi) is 19.6. The molecule has 0 heterocycles. The molecule has 0 bridgehead atoms. The maximum atomic E-state index is 4.75. The van der Waals surface area contributed by atoms with Crippen LogP contribution in [0, 0.1) is 0 Å². The molecular formula is C7H22B2O. The van der Waals surface area contributed by atoms with Crippen molar-refractivity contribution in [1.29, 1.82) is 0 Å². The van der Waals surface area contributed by atoms with Crippen LogP contribution in [0.25, 0.3) is 0 Å². The number of rotatable bonds is 1. The van der Waals surface area contributed by atoms with E-state index in [4.69, 9.17) is 4.65 Å². The highest BCUT2D eigenvalue weighted by Crippen LogP contribution is 1.73. The minimum Gasteiger partial charge on any atom is -0.439 e. The fourth-order valence-corrected chi connectivity index (χ4v) is 0. The molecule has 0 fully saturated rings. The Morgan fingerprint density at radius 1 is 0.900 bits per heavy atom. The van der Waals surface area contributed by atoms with Gasteiger partial charge in [-0.3, -0.25) is 0 Å². The van der Waals surface area contributed by atoms with Crippen LogP contribution in [-0.2, 0) is 4.65 Å². The van der Waals surface area contributed by atoms with Crippen molar-refractivity contribution in [2.75, 3.05) is 7.11 Å². The first-order chi connectivity index (χ1) is 4.00. The van der Waals surface area contributed by atoms with E-state index in [0.29, 0.717) is 6.92 Å². The summed E-state index contributed by atoms with van der Waals surface area (Å²) in [5.41, 5.74) is 0. The monoisotopic (exact) mass is 144 g/mol. The quantitative estimate of drug-likeness (QED) is 0.514. The third-order valence-corrected chi connectivity index (χ3v) is 0.471. The molecule has 0 atom stereocenters. The molecule has 0 N–H and O–H groups in total. The van der Waals surface area contributed by atoms with Crippen LogP contribution in [0.5, 0.6) is 0 Å². The summed E-state index contributed by atoms with van der Waals surface area (Å²) in [7, 11) is 1.70. The molecule has 62 valence electrons. The van der Waals surface area contributed by atoms with Crippen molar-refractivity contribution in [3.05, 3.63) is 0 Å². The van der Waals surface area contributed by atoms with Crippen LogP contribution in [0.2, 0.25) is 34.1 Å². The highest BCUT2D eigenvalue weighted by atomic mass is 16.4. The Bertz CT molecular complexity index is 44.1. The lowest BCUT2D eigenvalue weighted by molar-refractivity contribution is 0.430. The van der Waals surface area contributed by atoms with E-state index in [1.165, 1.54) is 0 Å². The van der Waals surface area contributed by atoms with Gasteiger partial charge in [-0.15, -0.1) is 0 Å². The average Bonchev–Trinajstić information content (AvgIpc) is 1.65. The molecule has 0 unspecified atom stereocenters. The van der Waals surface area contributed by atoms with E-state index in [1.807, 2.05) is 13.6 Å². The second kappa shape index (κ2) is 11.8. The lowest BCUT2D eigenvalue weighted by Gasteiger charge is -1.89. The molecule has 0 aliphatic rings. The standard InChI is InChI=1S/C3H9BO.C3H9B.CH4/c1-4(2)5-3;1-4(2)3;/h1-3H3;1-3H3;1H4. The maximum Gasteiger partial charge on any atom is 0.286 e. The molecule has 3 heteroatoms. The van der Waals surface area contributed by atoms with Gasteiger partial charge in [0, 0.05) is 7.11 Å². The van der Waals surface area contributed by atoms with Crippen molar-refractivity contribution in [2.45, 2.75) is 41.5 Å². The molecule has 0 aromatic heterocycles. The van der Waals surface area contributed by atoms with Crippen LogP contribution in [0.15, 0.2) is 0 Å². The van der Waals surface area contributed by atoms with Gasteiger partial charge in [0.1, 0.15) is 6.71 Å². The Balaban J connectivity index is -0.0000000910. The van der Waals surface area contributed by atoms with Crippen LogP contribution < -0.4 is 0 Å². The van der Waals surface area contributed by atoms with Gasteiger partial charge < -0.3 is 4.65 Å². The summed E-state index contributed by atoms with van der Waals surface area (Å²) in [5, 5.41) is 0. The summed E-state index contributed by atoms with van der Waals surface area (Å²) < 4.78 is 4.75. The molecule has 1 nitrogen and oxygen atoms in total. The van der Waals surface area contributed by atoms with Crippen molar-refractivity contribution in [1.82, 2.24) is 0 Å². The zero-order chi connectivity index (χ0) is 7.86. The lowest BCUT2D eigenvalue weighted by atomic mass is 9.58. The maximum absolute atomic E-state index is 4.75. The van der Waals surface area contributed by atoms with Crippen molar-refractivity contribution < 1.29 is 4.65 Å². The SMILES string of the molecule is C.CB(C)C.COB(C)C. The third-order valence-electron chi connectivity index (χ3n) is 0.471. The molecule has 0 saturated heterocycles. The second-order valence-corrected chi connectivity index (χ2v) is 3.02. The van der Waals surface area contributed by atoms with Gasteiger partial charge in [0.05, 0.1) is 0 Å². The molecule has 0 aromatic carbocycles. The fourth-order valence-electron chi connectivity index (χ4n) is 0.